The summed E-state index contributed by atoms with van der Waals surface area (Å²) in [5.74, 6) is 0.405. The van der Waals surface area contributed by atoms with E-state index in [0.717, 1.165) is 6.07 Å². The van der Waals surface area contributed by atoms with Crippen molar-refractivity contribution < 1.29 is 22.6 Å². The Hall–Kier alpha value is -3.56. The van der Waals surface area contributed by atoms with Crippen LogP contribution in [0.4, 0.5) is 19.0 Å². The first-order valence-electron chi connectivity index (χ1n) is 9.03. The topological polar surface area (TPSA) is 73.6 Å². The van der Waals surface area contributed by atoms with Gasteiger partial charge in [0.25, 0.3) is 6.43 Å². The number of fused-ring (bicyclic) bond motifs is 3. The van der Waals surface area contributed by atoms with Gasteiger partial charge in [-0.2, -0.15) is 4.52 Å². The Morgan fingerprint density at radius 2 is 1.70 bits per heavy atom. The van der Waals surface area contributed by atoms with Gasteiger partial charge in [0.15, 0.2) is 23.0 Å². The molecule has 4 rings (SSSR count). The second-order valence-electron chi connectivity index (χ2n) is 6.62. The Morgan fingerprint density at radius 1 is 1.03 bits per heavy atom. The summed E-state index contributed by atoms with van der Waals surface area (Å²) < 4.78 is 53.0. The smallest absolute Gasteiger partial charge is 0.266 e. The second kappa shape index (κ2) is 7.69. The Kier molecular flexibility index (Phi) is 5.06. The molecule has 0 saturated heterocycles. The number of rotatable bonds is 6. The van der Waals surface area contributed by atoms with E-state index in [2.05, 4.69) is 20.6 Å². The molecule has 2 aromatic carbocycles. The van der Waals surface area contributed by atoms with Crippen molar-refractivity contribution in [1.29, 1.82) is 0 Å². The standard InChI is InChI=1S/C20H18F3N5O2/c1-10(11-5-4-6-12(17(11)21)18(22)23)25-19-13-7-15(29-2)16(30-3)8-14(13)20-26-24-9-28(20)27-19/h4-10,18H,1-3H3,(H,25,27). The summed E-state index contributed by atoms with van der Waals surface area (Å²) in [5, 5.41) is 16.8. The molecule has 2 heterocycles. The summed E-state index contributed by atoms with van der Waals surface area (Å²) in [7, 11) is 3.03. The van der Waals surface area contributed by atoms with Crippen LogP contribution in [0.15, 0.2) is 36.7 Å². The van der Waals surface area contributed by atoms with Gasteiger partial charge in [0, 0.05) is 16.3 Å². The van der Waals surface area contributed by atoms with Crippen LogP contribution in [-0.4, -0.2) is 34.0 Å². The molecule has 1 unspecified atom stereocenters. The molecule has 0 aliphatic carbocycles. The molecular formula is C20H18F3N5O2. The van der Waals surface area contributed by atoms with Crippen LogP contribution in [0, 0.1) is 5.82 Å². The maximum atomic E-state index is 14.6. The molecule has 0 saturated carbocycles. The van der Waals surface area contributed by atoms with Crippen molar-refractivity contribution in [2.75, 3.05) is 19.5 Å². The molecule has 1 N–H and O–H groups in total. The second-order valence-corrected chi connectivity index (χ2v) is 6.62. The van der Waals surface area contributed by atoms with E-state index < -0.39 is 23.8 Å². The number of aromatic nitrogens is 4. The van der Waals surface area contributed by atoms with Gasteiger partial charge in [-0.1, -0.05) is 18.2 Å². The van der Waals surface area contributed by atoms with E-state index >= 15 is 0 Å². The highest BCUT2D eigenvalue weighted by molar-refractivity contribution is 6.01. The lowest BCUT2D eigenvalue weighted by molar-refractivity contribution is 0.146. The third-order valence-electron chi connectivity index (χ3n) is 4.87. The minimum Gasteiger partial charge on any atom is -0.493 e. The molecule has 0 aliphatic heterocycles. The third kappa shape index (κ3) is 3.23. The van der Waals surface area contributed by atoms with Crippen LogP contribution in [0.3, 0.4) is 0 Å². The number of anilines is 1. The summed E-state index contributed by atoms with van der Waals surface area (Å²) in [4.78, 5) is 0. The maximum absolute atomic E-state index is 14.6. The van der Waals surface area contributed by atoms with Crippen LogP contribution >= 0.6 is 0 Å². The zero-order chi connectivity index (χ0) is 21.4. The number of halogens is 3. The predicted octanol–water partition coefficient (Wildman–Crippen LogP) is 4.54. The minimum atomic E-state index is -2.90. The number of nitrogens with zero attached hydrogens (tertiary/aromatic N) is 4. The number of benzene rings is 2. The van der Waals surface area contributed by atoms with Gasteiger partial charge in [-0.3, -0.25) is 0 Å². The first-order valence-corrected chi connectivity index (χ1v) is 9.03. The lowest BCUT2D eigenvalue weighted by atomic mass is 10.0. The molecule has 0 fully saturated rings. The molecule has 0 aliphatic rings. The number of nitrogens with one attached hydrogen (secondary N) is 1. The van der Waals surface area contributed by atoms with Gasteiger partial charge in [-0.25, -0.2) is 13.2 Å². The average molecular weight is 417 g/mol. The van der Waals surface area contributed by atoms with Gasteiger partial charge >= 0.3 is 0 Å². The molecule has 0 bridgehead atoms. The summed E-state index contributed by atoms with van der Waals surface area (Å²) in [6.07, 6.45) is -1.47. The SMILES string of the molecule is COc1cc2c(NC(C)c3cccc(C(F)F)c3F)nn3cnnc3c2cc1OC. The van der Waals surface area contributed by atoms with E-state index in [1.165, 1.54) is 37.2 Å². The molecule has 2 aromatic heterocycles. The molecule has 0 amide bonds. The van der Waals surface area contributed by atoms with Crippen molar-refractivity contribution >= 4 is 22.2 Å². The Labute approximate surface area is 169 Å². The van der Waals surface area contributed by atoms with Crippen molar-refractivity contribution in [2.24, 2.45) is 0 Å². The quantitative estimate of drug-likeness (QED) is 0.496. The number of ether oxygens (including phenoxy) is 2. The van der Waals surface area contributed by atoms with E-state index in [-0.39, 0.29) is 5.56 Å². The fraction of sp³-hybridized carbons (Fsp3) is 0.250. The lowest BCUT2D eigenvalue weighted by Crippen LogP contribution is -2.13. The van der Waals surface area contributed by atoms with Gasteiger partial charge in [0.05, 0.1) is 25.8 Å². The zero-order valence-electron chi connectivity index (χ0n) is 16.4. The van der Waals surface area contributed by atoms with Gasteiger partial charge in [0.2, 0.25) is 0 Å². The number of alkyl halides is 2. The monoisotopic (exact) mass is 417 g/mol. The van der Waals surface area contributed by atoms with Gasteiger partial charge in [0.1, 0.15) is 12.1 Å². The van der Waals surface area contributed by atoms with Crippen molar-refractivity contribution in [1.82, 2.24) is 19.8 Å². The Bertz CT molecular complexity index is 1230. The average Bonchev–Trinajstić information content (AvgIpc) is 3.21. The van der Waals surface area contributed by atoms with Gasteiger partial charge in [-0.15, -0.1) is 15.3 Å². The van der Waals surface area contributed by atoms with E-state index in [4.69, 9.17) is 9.47 Å². The molecule has 0 radical (unpaired) electrons. The molecule has 7 nitrogen and oxygen atoms in total. The summed E-state index contributed by atoms with van der Waals surface area (Å²) in [6.45, 7) is 1.66. The molecule has 1 atom stereocenters. The highest BCUT2D eigenvalue weighted by Gasteiger charge is 2.21. The molecule has 10 heteroatoms. The van der Waals surface area contributed by atoms with E-state index in [0.29, 0.717) is 33.7 Å². The molecule has 0 spiro atoms. The largest absolute Gasteiger partial charge is 0.493 e. The van der Waals surface area contributed by atoms with Crippen molar-refractivity contribution in [3.8, 4) is 11.5 Å². The van der Waals surface area contributed by atoms with Crippen LogP contribution in [0.5, 0.6) is 11.5 Å². The molecule has 4 aromatic rings. The number of hydrogen-bond acceptors (Lipinski definition) is 6. The fourth-order valence-electron chi connectivity index (χ4n) is 3.36. The van der Waals surface area contributed by atoms with E-state index in [9.17, 15) is 13.2 Å². The van der Waals surface area contributed by atoms with Gasteiger partial charge in [-0.05, 0) is 19.1 Å². The zero-order valence-corrected chi connectivity index (χ0v) is 16.4. The van der Waals surface area contributed by atoms with Crippen molar-refractivity contribution in [3.05, 3.63) is 53.6 Å². The molecule has 156 valence electrons. The number of hydrogen-bond donors (Lipinski definition) is 1. The summed E-state index contributed by atoms with van der Waals surface area (Å²) in [5.41, 5.74) is -0.0400. The predicted molar refractivity (Wildman–Crippen MR) is 105 cm³/mol. The van der Waals surface area contributed by atoms with Crippen molar-refractivity contribution in [2.45, 2.75) is 19.4 Å². The van der Waals surface area contributed by atoms with Crippen LogP contribution in [0.2, 0.25) is 0 Å². The first-order chi connectivity index (χ1) is 14.4. The van der Waals surface area contributed by atoms with Crippen LogP contribution < -0.4 is 14.8 Å². The highest BCUT2D eigenvalue weighted by atomic mass is 19.3. The Morgan fingerprint density at radius 3 is 2.37 bits per heavy atom. The minimum absolute atomic E-state index is 0.104. The summed E-state index contributed by atoms with van der Waals surface area (Å²) >= 11 is 0. The molecular weight excluding hydrogens is 399 g/mol. The Balaban J connectivity index is 1.85. The van der Waals surface area contributed by atoms with Crippen LogP contribution in [-0.2, 0) is 0 Å². The van der Waals surface area contributed by atoms with E-state index in [1.807, 2.05) is 0 Å². The fourth-order valence-corrected chi connectivity index (χ4v) is 3.36. The van der Waals surface area contributed by atoms with Crippen LogP contribution in [0.25, 0.3) is 16.4 Å². The normalized spacial score (nSPS) is 12.5. The third-order valence-corrected chi connectivity index (χ3v) is 4.87. The summed E-state index contributed by atoms with van der Waals surface area (Å²) in [6, 6.07) is 6.75. The number of methoxy groups -OCH3 is 2. The first kappa shape index (κ1) is 19.7. The van der Waals surface area contributed by atoms with Crippen molar-refractivity contribution in [3.63, 3.8) is 0 Å². The van der Waals surface area contributed by atoms with Crippen LogP contribution in [0.1, 0.15) is 30.5 Å². The van der Waals surface area contributed by atoms with E-state index in [1.54, 1.807) is 19.1 Å². The maximum Gasteiger partial charge on any atom is 0.266 e. The van der Waals surface area contributed by atoms with Gasteiger partial charge < -0.3 is 14.8 Å². The molecule has 30 heavy (non-hydrogen) atoms. The highest BCUT2D eigenvalue weighted by Crippen LogP contribution is 2.37. The lowest BCUT2D eigenvalue weighted by Gasteiger charge is -2.19.